The first-order chi connectivity index (χ1) is 7.70. The Morgan fingerprint density at radius 1 is 1.56 bits per heavy atom. The number of nitrogens with one attached hydrogen (secondary N) is 2. The Morgan fingerprint density at radius 2 is 2.38 bits per heavy atom. The summed E-state index contributed by atoms with van der Waals surface area (Å²) >= 11 is 1.27. The van der Waals surface area contributed by atoms with Crippen LogP contribution in [0.25, 0.3) is 10.1 Å². The molecule has 0 aliphatic carbocycles. The van der Waals surface area contributed by atoms with Crippen molar-refractivity contribution in [2.75, 3.05) is 11.9 Å². The fraction of sp³-hybridized carbons (Fsp3) is 0.200. The average molecular weight is 238 g/mol. The molecular weight excluding hydrogens is 228 g/mol. The summed E-state index contributed by atoms with van der Waals surface area (Å²) in [5.41, 5.74) is 0.405. The largest absolute Gasteiger partial charge is 0.450 e. The van der Waals surface area contributed by atoms with Crippen molar-refractivity contribution in [3.8, 4) is 0 Å². The first kappa shape index (κ1) is 10.7. The van der Waals surface area contributed by atoms with Crippen molar-refractivity contribution in [3.63, 3.8) is 0 Å². The molecule has 0 aliphatic heterocycles. The third-order valence-corrected chi connectivity index (χ3v) is 2.86. The van der Waals surface area contributed by atoms with Gasteiger partial charge in [0.05, 0.1) is 16.7 Å². The number of H-pyrrole nitrogens is 1. The molecular formula is C10H10N2O3S. The van der Waals surface area contributed by atoms with Crippen molar-refractivity contribution in [2.45, 2.75) is 6.92 Å². The number of carbonyl (C=O) groups is 1. The highest BCUT2D eigenvalue weighted by molar-refractivity contribution is 7.13. The van der Waals surface area contributed by atoms with Crippen LogP contribution in [0.15, 0.2) is 23.0 Å². The van der Waals surface area contributed by atoms with E-state index in [0.717, 1.165) is 4.70 Å². The van der Waals surface area contributed by atoms with Crippen LogP contribution in [-0.2, 0) is 4.74 Å². The second-order valence-corrected chi connectivity index (χ2v) is 3.94. The molecule has 1 amide bonds. The standard InChI is InChI=1S/C10H10N2O3S/c1-2-15-10(14)11-6-3-4-8-7(5-6)9(13)12-16-8/h3-5H,2H2,1H3,(H,11,14)(H,12,13). The maximum atomic E-state index is 11.4. The van der Waals surface area contributed by atoms with Gasteiger partial charge in [-0.1, -0.05) is 11.5 Å². The van der Waals surface area contributed by atoms with Crippen molar-refractivity contribution in [1.82, 2.24) is 4.37 Å². The molecule has 0 radical (unpaired) electrons. The van der Waals surface area contributed by atoms with Crippen molar-refractivity contribution in [3.05, 3.63) is 28.6 Å². The van der Waals surface area contributed by atoms with Crippen LogP contribution >= 0.6 is 11.5 Å². The number of hydrogen-bond donors (Lipinski definition) is 2. The SMILES string of the molecule is CCOC(=O)Nc1ccc2s[nH]c(=O)c2c1. The molecule has 1 aromatic heterocycles. The summed E-state index contributed by atoms with van der Waals surface area (Å²) in [7, 11) is 0. The number of fused-ring (bicyclic) bond motifs is 1. The molecule has 2 rings (SSSR count). The Hall–Kier alpha value is -1.82. The van der Waals surface area contributed by atoms with Gasteiger partial charge in [-0.05, 0) is 25.1 Å². The second kappa shape index (κ2) is 4.36. The Labute approximate surface area is 95.2 Å². The van der Waals surface area contributed by atoms with Crippen molar-refractivity contribution < 1.29 is 9.53 Å². The second-order valence-electron chi connectivity index (χ2n) is 3.09. The number of ether oxygens (including phenoxy) is 1. The minimum absolute atomic E-state index is 0.146. The van der Waals surface area contributed by atoms with Crippen LogP contribution in [0.2, 0.25) is 0 Å². The quantitative estimate of drug-likeness (QED) is 0.842. The molecule has 1 heterocycles. The van der Waals surface area contributed by atoms with Crippen molar-refractivity contribution in [2.24, 2.45) is 0 Å². The van der Waals surface area contributed by atoms with E-state index in [1.54, 1.807) is 25.1 Å². The minimum atomic E-state index is -0.520. The number of aromatic nitrogens is 1. The molecule has 0 unspecified atom stereocenters. The zero-order valence-corrected chi connectivity index (χ0v) is 9.39. The molecule has 84 valence electrons. The fourth-order valence-corrected chi connectivity index (χ4v) is 2.03. The Kier molecular flexibility index (Phi) is 2.91. The Morgan fingerprint density at radius 3 is 3.12 bits per heavy atom. The minimum Gasteiger partial charge on any atom is -0.450 e. The van der Waals surface area contributed by atoms with E-state index < -0.39 is 6.09 Å². The summed E-state index contributed by atoms with van der Waals surface area (Å²) < 4.78 is 8.22. The number of anilines is 1. The third-order valence-electron chi connectivity index (χ3n) is 2.00. The van der Waals surface area contributed by atoms with Gasteiger partial charge in [-0.15, -0.1) is 0 Å². The van der Waals surface area contributed by atoms with Crippen LogP contribution in [0.4, 0.5) is 10.5 Å². The van der Waals surface area contributed by atoms with Crippen LogP contribution in [-0.4, -0.2) is 17.1 Å². The molecule has 5 nitrogen and oxygen atoms in total. The summed E-state index contributed by atoms with van der Waals surface area (Å²) in [6, 6.07) is 5.13. The highest BCUT2D eigenvalue weighted by atomic mass is 32.1. The monoisotopic (exact) mass is 238 g/mol. The van der Waals surface area contributed by atoms with Crippen LogP contribution in [0.5, 0.6) is 0 Å². The maximum absolute atomic E-state index is 11.4. The zero-order chi connectivity index (χ0) is 11.5. The summed E-state index contributed by atoms with van der Waals surface area (Å²) in [6.07, 6.45) is -0.520. The van der Waals surface area contributed by atoms with Crippen LogP contribution in [0.1, 0.15) is 6.92 Å². The molecule has 1 aromatic carbocycles. The highest BCUT2D eigenvalue weighted by Crippen LogP contribution is 2.18. The maximum Gasteiger partial charge on any atom is 0.411 e. The molecule has 16 heavy (non-hydrogen) atoms. The van der Waals surface area contributed by atoms with Gasteiger partial charge < -0.3 is 4.74 Å². The molecule has 0 fully saturated rings. The van der Waals surface area contributed by atoms with Crippen LogP contribution < -0.4 is 10.9 Å². The Balaban J connectivity index is 2.28. The summed E-state index contributed by atoms with van der Waals surface area (Å²) in [4.78, 5) is 22.5. The van der Waals surface area contributed by atoms with E-state index in [2.05, 4.69) is 9.69 Å². The van der Waals surface area contributed by atoms with E-state index in [1.807, 2.05) is 0 Å². The van der Waals surface area contributed by atoms with E-state index in [1.165, 1.54) is 11.5 Å². The summed E-state index contributed by atoms with van der Waals surface area (Å²) in [6.45, 7) is 2.04. The highest BCUT2D eigenvalue weighted by Gasteiger charge is 2.05. The smallest absolute Gasteiger partial charge is 0.411 e. The molecule has 0 saturated carbocycles. The molecule has 2 aromatic rings. The fourth-order valence-electron chi connectivity index (χ4n) is 1.32. The van der Waals surface area contributed by atoms with E-state index in [-0.39, 0.29) is 5.56 Å². The predicted molar refractivity (Wildman–Crippen MR) is 63.1 cm³/mol. The lowest BCUT2D eigenvalue weighted by Gasteiger charge is -2.04. The van der Waals surface area contributed by atoms with Gasteiger partial charge in [0, 0.05) is 5.69 Å². The lowest BCUT2D eigenvalue weighted by molar-refractivity contribution is 0.168. The van der Waals surface area contributed by atoms with Gasteiger partial charge in [0.15, 0.2) is 0 Å². The van der Waals surface area contributed by atoms with Gasteiger partial charge in [0.25, 0.3) is 5.56 Å². The molecule has 6 heteroatoms. The lowest BCUT2D eigenvalue weighted by atomic mass is 10.2. The molecule has 0 atom stereocenters. The zero-order valence-electron chi connectivity index (χ0n) is 8.57. The third kappa shape index (κ3) is 2.06. The normalized spacial score (nSPS) is 10.3. The van der Waals surface area contributed by atoms with Crippen LogP contribution in [0.3, 0.4) is 0 Å². The first-order valence-corrected chi connectivity index (χ1v) is 5.57. The van der Waals surface area contributed by atoms with E-state index in [0.29, 0.717) is 17.7 Å². The van der Waals surface area contributed by atoms with E-state index >= 15 is 0 Å². The van der Waals surface area contributed by atoms with Crippen molar-refractivity contribution in [1.29, 1.82) is 0 Å². The van der Waals surface area contributed by atoms with Crippen LogP contribution in [0, 0.1) is 0 Å². The van der Waals surface area contributed by atoms with E-state index in [9.17, 15) is 9.59 Å². The van der Waals surface area contributed by atoms with Gasteiger partial charge in [-0.25, -0.2) is 4.79 Å². The number of rotatable bonds is 2. The molecule has 2 N–H and O–H groups in total. The number of amides is 1. The van der Waals surface area contributed by atoms with Gasteiger partial charge in [0.2, 0.25) is 0 Å². The molecule has 0 bridgehead atoms. The van der Waals surface area contributed by atoms with Gasteiger partial charge in [-0.2, -0.15) is 0 Å². The molecule has 0 saturated heterocycles. The lowest BCUT2D eigenvalue weighted by Crippen LogP contribution is -2.13. The van der Waals surface area contributed by atoms with Gasteiger partial charge in [-0.3, -0.25) is 14.5 Å². The van der Waals surface area contributed by atoms with E-state index in [4.69, 9.17) is 4.74 Å². The summed E-state index contributed by atoms with van der Waals surface area (Å²) in [5.74, 6) is 0. The first-order valence-electron chi connectivity index (χ1n) is 4.75. The number of carbonyl (C=O) groups excluding carboxylic acids is 1. The summed E-state index contributed by atoms with van der Waals surface area (Å²) in [5, 5.41) is 3.11. The predicted octanol–water partition coefficient (Wildman–Crippen LogP) is 2.16. The van der Waals surface area contributed by atoms with Gasteiger partial charge in [0.1, 0.15) is 0 Å². The number of benzene rings is 1. The number of hydrogen-bond acceptors (Lipinski definition) is 4. The van der Waals surface area contributed by atoms with Gasteiger partial charge >= 0.3 is 6.09 Å². The average Bonchev–Trinajstić information content (AvgIpc) is 2.61. The molecule has 0 spiro atoms. The topological polar surface area (TPSA) is 71.2 Å². The molecule has 0 aliphatic rings. The number of aromatic amines is 1. The van der Waals surface area contributed by atoms with Crippen molar-refractivity contribution >= 4 is 33.4 Å². The Bertz CT molecular complexity index is 573.